The fourth-order valence-corrected chi connectivity index (χ4v) is 4.79. The molecular weight excluding hydrogens is 519 g/mol. The summed E-state index contributed by atoms with van der Waals surface area (Å²) in [7, 11) is 0. The molecule has 0 aliphatic carbocycles. The van der Waals surface area contributed by atoms with Gasteiger partial charge in [0.25, 0.3) is 0 Å². The van der Waals surface area contributed by atoms with Gasteiger partial charge in [0.1, 0.15) is 34.8 Å². The molecule has 1 aromatic carbocycles. The van der Waals surface area contributed by atoms with E-state index in [1.807, 2.05) is 0 Å². The Morgan fingerprint density at radius 3 is 2.79 bits per heavy atom. The molecule has 0 bridgehead atoms. The number of aryl methyl sites for hydroxylation is 1. The zero-order chi connectivity index (χ0) is 23.4. The van der Waals surface area contributed by atoms with Crippen LogP contribution in [-0.4, -0.2) is 63.5 Å². The van der Waals surface area contributed by atoms with E-state index in [9.17, 15) is 9.18 Å². The van der Waals surface area contributed by atoms with E-state index in [1.165, 1.54) is 23.5 Å². The Hall–Kier alpha value is -2.57. The lowest BCUT2D eigenvalue weighted by molar-refractivity contribution is -0.137. The molecule has 0 atom stereocenters. The second-order valence-corrected chi connectivity index (χ2v) is 9.27. The van der Waals surface area contributed by atoms with Gasteiger partial charge in [0.15, 0.2) is 10.8 Å². The number of hydrogen-bond acceptors (Lipinski definition) is 9. The molecule has 176 valence electrons. The maximum Gasteiger partial charge on any atom is 0.303 e. The zero-order valence-electron chi connectivity index (χ0n) is 17.5. The van der Waals surface area contributed by atoms with Crippen LogP contribution >= 0.6 is 27.3 Å². The third-order valence-electron chi connectivity index (χ3n) is 5.05. The van der Waals surface area contributed by atoms with Crippen LogP contribution in [-0.2, 0) is 11.2 Å². The van der Waals surface area contributed by atoms with E-state index in [0.717, 1.165) is 18.0 Å². The highest BCUT2D eigenvalue weighted by Crippen LogP contribution is 2.35. The molecule has 3 heterocycles. The molecule has 0 radical (unpaired) electrons. The monoisotopic (exact) mass is 540 g/mol. The minimum atomic E-state index is -0.939. The fraction of sp³-hybridized carbons (Fsp3) is 0.429. The van der Waals surface area contributed by atoms with Crippen molar-refractivity contribution in [3.05, 3.63) is 34.3 Å². The average molecular weight is 541 g/mol. The molecule has 2 N–H and O–H groups in total. The molecule has 0 amide bonds. The smallest absolute Gasteiger partial charge is 0.303 e. The van der Waals surface area contributed by atoms with E-state index in [4.69, 9.17) is 19.7 Å². The van der Waals surface area contributed by atoms with Gasteiger partial charge in [-0.15, -0.1) is 0 Å². The number of anilines is 1. The Kier molecular flexibility index (Phi) is 7.56. The molecule has 0 spiro atoms. The number of thiazole rings is 1. The lowest BCUT2D eigenvalue weighted by Crippen LogP contribution is -2.38. The molecule has 2 aromatic heterocycles. The molecule has 33 heavy (non-hydrogen) atoms. The summed E-state index contributed by atoms with van der Waals surface area (Å²) in [6, 6.07) is 4.38. The number of hydrogen-bond donors (Lipinski definition) is 2. The van der Waals surface area contributed by atoms with Crippen LogP contribution in [0.4, 0.5) is 9.52 Å². The predicted molar refractivity (Wildman–Crippen MR) is 124 cm³/mol. The normalized spacial score (nSPS) is 14.6. The number of aliphatic carboxylic acids is 1. The lowest BCUT2D eigenvalue weighted by Gasteiger charge is -2.32. The number of fused-ring (bicyclic) bond motifs is 1. The average Bonchev–Trinajstić information content (AvgIpc) is 3.23. The maximum atomic E-state index is 13.5. The Balaban J connectivity index is 1.48. The molecular formula is C21H22BrFN4O5S. The van der Waals surface area contributed by atoms with E-state index in [1.54, 1.807) is 6.07 Å². The van der Waals surface area contributed by atoms with Crippen LogP contribution in [0, 0.1) is 5.82 Å². The predicted octanol–water partition coefficient (Wildman–Crippen LogP) is 3.42. The van der Waals surface area contributed by atoms with Crippen LogP contribution in [0.15, 0.2) is 22.7 Å². The van der Waals surface area contributed by atoms with E-state index < -0.39 is 5.97 Å². The van der Waals surface area contributed by atoms with Crippen molar-refractivity contribution >= 4 is 48.7 Å². The van der Waals surface area contributed by atoms with Gasteiger partial charge in [-0.1, -0.05) is 11.3 Å². The van der Waals surface area contributed by atoms with Crippen molar-refractivity contribution in [2.24, 2.45) is 0 Å². The number of aliphatic hydroxyl groups excluding tert-OH is 1. The van der Waals surface area contributed by atoms with Crippen molar-refractivity contribution in [1.29, 1.82) is 0 Å². The molecule has 1 aliphatic rings. The third-order valence-corrected chi connectivity index (χ3v) is 6.80. The standard InChI is InChI=1S/C21H22BrFN4O5S/c22-14-2-1-12(23)11-15(14)32-13-5-7-27(8-6-13)21-26-19-18(33-21)20(31-10-9-28)25-16(24-19)3-4-17(29)30/h1-2,11,13,28H,3-10H2,(H,29,30). The molecule has 0 unspecified atom stereocenters. The van der Waals surface area contributed by atoms with Crippen molar-refractivity contribution in [3.63, 3.8) is 0 Å². The van der Waals surface area contributed by atoms with Crippen molar-refractivity contribution in [2.75, 3.05) is 31.2 Å². The topological polar surface area (TPSA) is 118 Å². The van der Waals surface area contributed by atoms with Gasteiger partial charge in [-0.05, 0) is 28.1 Å². The summed E-state index contributed by atoms with van der Waals surface area (Å²) in [5.41, 5.74) is 0.445. The number of aliphatic hydroxyl groups is 1. The van der Waals surface area contributed by atoms with Gasteiger partial charge in [-0.25, -0.2) is 9.37 Å². The molecule has 0 saturated carbocycles. The summed E-state index contributed by atoms with van der Waals surface area (Å²) < 4.78 is 26.5. The summed E-state index contributed by atoms with van der Waals surface area (Å²) in [4.78, 5) is 26.4. The van der Waals surface area contributed by atoms with Crippen LogP contribution < -0.4 is 14.4 Å². The number of halogens is 2. The summed E-state index contributed by atoms with van der Waals surface area (Å²) in [5, 5.41) is 18.8. The zero-order valence-corrected chi connectivity index (χ0v) is 19.9. The van der Waals surface area contributed by atoms with Crippen LogP contribution in [0.2, 0.25) is 0 Å². The van der Waals surface area contributed by atoms with Gasteiger partial charge in [-0.3, -0.25) is 4.79 Å². The quantitative estimate of drug-likeness (QED) is 0.420. The molecule has 1 saturated heterocycles. The summed E-state index contributed by atoms with van der Waals surface area (Å²) in [6.45, 7) is 1.29. The molecule has 4 rings (SSSR count). The van der Waals surface area contributed by atoms with Gasteiger partial charge in [0, 0.05) is 38.4 Å². The van der Waals surface area contributed by atoms with Crippen LogP contribution in [0.5, 0.6) is 11.6 Å². The van der Waals surface area contributed by atoms with Gasteiger partial charge >= 0.3 is 5.97 Å². The Bertz CT molecular complexity index is 1140. The maximum absolute atomic E-state index is 13.5. The number of carboxylic acids is 1. The second-order valence-electron chi connectivity index (χ2n) is 7.44. The lowest BCUT2D eigenvalue weighted by atomic mass is 10.1. The number of ether oxygens (including phenoxy) is 2. The summed E-state index contributed by atoms with van der Waals surface area (Å²) in [5.74, 6) is -0.160. The van der Waals surface area contributed by atoms with E-state index in [0.29, 0.717) is 45.4 Å². The van der Waals surface area contributed by atoms with Gasteiger partial charge < -0.3 is 24.6 Å². The van der Waals surface area contributed by atoms with Crippen molar-refractivity contribution < 1.29 is 28.9 Å². The Morgan fingerprint density at radius 2 is 2.06 bits per heavy atom. The first-order valence-corrected chi connectivity index (χ1v) is 12.0. The number of nitrogens with zero attached hydrogens (tertiary/aromatic N) is 4. The first-order chi connectivity index (χ1) is 15.9. The van der Waals surface area contributed by atoms with Crippen LogP contribution in [0.1, 0.15) is 25.1 Å². The number of carboxylic acid groups (broad SMARTS) is 1. The summed E-state index contributed by atoms with van der Waals surface area (Å²) in [6.07, 6.45) is 1.49. The van der Waals surface area contributed by atoms with E-state index in [-0.39, 0.29) is 38.0 Å². The van der Waals surface area contributed by atoms with Crippen LogP contribution in [0.25, 0.3) is 10.3 Å². The fourth-order valence-electron chi connectivity index (χ4n) is 3.45. The number of carbonyl (C=O) groups is 1. The number of aromatic nitrogens is 3. The first-order valence-electron chi connectivity index (χ1n) is 10.4. The van der Waals surface area contributed by atoms with E-state index >= 15 is 0 Å². The van der Waals surface area contributed by atoms with Crippen molar-refractivity contribution in [3.8, 4) is 11.6 Å². The van der Waals surface area contributed by atoms with Gasteiger partial charge in [-0.2, -0.15) is 9.97 Å². The first kappa shape index (κ1) is 23.6. The minimum absolute atomic E-state index is 0.0420. The highest BCUT2D eigenvalue weighted by molar-refractivity contribution is 9.10. The number of benzene rings is 1. The largest absolute Gasteiger partial charge is 0.489 e. The highest BCUT2D eigenvalue weighted by Gasteiger charge is 2.25. The minimum Gasteiger partial charge on any atom is -0.489 e. The van der Waals surface area contributed by atoms with Gasteiger partial charge in [0.2, 0.25) is 5.88 Å². The Labute approximate surface area is 201 Å². The Morgan fingerprint density at radius 1 is 1.27 bits per heavy atom. The number of rotatable bonds is 9. The SMILES string of the molecule is O=C(O)CCc1nc(OCCO)c2sc(N3CCC(Oc4cc(F)ccc4Br)CC3)nc2n1. The van der Waals surface area contributed by atoms with Crippen molar-refractivity contribution in [2.45, 2.75) is 31.8 Å². The summed E-state index contributed by atoms with van der Waals surface area (Å²) >= 11 is 4.78. The molecule has 3 aromatic rings. The van der Waals surface area contributed by atoms with Crippen LogP contribution in [0.3, 0.4) is 0 Å². The molecule has 1 aliphatic heterocycles. The van der Waals surface area contributed by atoms with E-state index in [2.05, 4.69) is 35.8 Å². The second kappa shape index (κ2) is 10.6. The molecule has 9 nitrogen and oxygen atoms in total. The van der Waals surface area contributed by atoms with Gasteiger partial charge in [0.05, 0.1) is 17.5 Å². The third kappa shape index (κ3) is 5.87. The molecule has 12 heteroatoms. The van der Waals surface area contributed by atoms with Crippen molar-refractivity contribution in [1.82, 2.24) is 15.0 Å². The number of piperidine rings is 1. The molecule has 1 fully saturated rings. The highest BCUT2D eigenvalue weighted by atomic mass is 79.9.